The number of methoxy groups -OCH3 is 1. The molecule has 1 saturated heterocycles. The van der Waals surface area contributed by atoms with E-state index in [-0.39, 0.29) is 0 Å². The Hall–Kier alpha value is -1.37. The SMILES string of the molecule is COCCOCCN1CCN(c2ccc(N)nc2)CC1. The van der Waals surface area contributed by atoms with Crippen LogP contribution in [0.4, 0.5) is 11.5 Å². The number of ether oxygens (including phenoxy) is 2. The number of nitrogens with two attached hydrogens (primary N) is 1. The molecule has 6 nitrogen and oxygen atoms in total. The smallest absolute Gasteiger partial charge is 0.123 e. The van der Waals surface area contributed by atoms with Crippen molar-refractivity contribution in [1.29, 1.82) is 0 Å². The minimum absolute atomic E-state index is 0.570. The molecule has 1 aromatic rings. The Bertz CT molecular complexity index is 377. The van der Waals surface area contributed by atoms with Gasteiger partial charge in [0.1, 0.15) is 5.82 Å². The van der Waals surface area contributed by atoms with Gasteiger partial charge in [-0.05, 0) is 12.1 Å². The third-order valence-electron chi connectivity index (χ3n) is 3.49. The quantitative estimate of drug-likeness (QED) is 0.732. The highest BCUT2D eigenvalue weighted by Gasteiger charge is 2.16. The van der Waals surface area contributed by atoms with Gasteiger partial charge in [-0.25, -0.2) is 4.98 Å². The Labute approximate surface area is 120 Å². The van der Waals surface area contributed by atoms with Crippen molar-refractivity contribution in [1.82, 2.24) is 9.88 Å². The number of piperazine rings is 1. The summed E-state index contributed by atoms with van der Waals surface area (Å²) in [5, 5.41) is 0. The van der Waals surface area contributed by atoms with Crippen LogP contribution in [0.2, 0.25) is 0 Å². The number of hydrogen-bond acceptors (Lipinski definition) is 6. The first-order valence-electron chi connectivity index (χ1n) is 7.05. The Morgan fingerprint density at radius 3 is 2.60 bits per heavy atom. The monoisotopic (exact) mass is 280 g/mol. The molecular formula is C14H24N4O2. The maximum absolute atomic E-state index is 5.61. The summed E-state index contributed by atoms with van der Waals surface area (Å²) < 4.78 is 10.4. The van der Waals surface area contributed by atoms with Crippen molar-refractivity contribution in [2.75, 3.05) is 70.3 Å². The topological polar surface area (TPSA) is 63.9 Å². The van der Waals surface area contributed by atoms with Crippen LogP contribution in [0.3, 0.4) is 0 Å². The van der Waals surface area contributed by atoms with Gasteiger partial charge < -0.3 is 20.1 Å². The van der Waals surface area contributed by atoms with Crippen LogP contribution in [-0.2, 0) is 9.47 Å². The van der Waals surface area contributed by atoms with Crippen molar-refractivity contribution in [2.45, 2.75) is 0 Å². The van der Waals surface area contributed by atoms with Crippen LogP contribution in [0, 0.1) is 0 Å². The lowest BCUT2D eigenvalue weighted by Crippen LogP contribution is -2.47. The second-order valence-corrected chi connectivity index (χ2v) is 4.88. The largest absolute Gasteiger partial charge is 0.384 e. The molecule has 1 aliphatic rings. The van der Waals surface area contributed by atoms with Crippen LogP contribution in [0.25, 0.3) is 0 Å². The van der Waals surface area contributed by atoms with Crippen molar-refractivity contribution < 1.29 is 9.47 Å². The molecule has 0 saturated carbocycles. The normalized spacial score (nSPS) is 16.6. The summed E-state index contributed by atoms with van der Waals surface area (Å²) in [6, 6.07) is 3.89. The molecular weight excluding hydrogens is 256 g/mol. The summed E-state index contributed by atoms with van der Waals surface area (Å²) in [4.78, 5) is 8.91. The van der Waals surface area contributed by atoms with E-state index in [1.807, 2.05) is 18.3 Å². The predicted molar refractivity (Wildman–Crippen MR) is 80.0 cm³/mol. The summed E-state index contributed by atoms with van der Waals surface area (Å²) in [6.07, 6.45) is 1.85. The maximum atomic E-state index is 5.61. The molecule has 20 heavy (non-hydrogen) atoms. The average Bonchev–Trinajstić information content (AvgIpc) is 2.49. The lowest BCUT2D eigenvalue weighted by atomic mass is 10.2. The van der Waals surface area contributed by atoms with Gasteiger partial charge in [0.25, 0.3) is 0 Å². The third kappa shape index (κ3) is 4.63. The Balaban J connectivity index is 1.66. The third-order valence-corrected chi connectivity index (χ3v) is 3.49. The molecule has 0 spiro atoms. The van der Waals surface area contributed by atoms with E-state index in [0.29, 0.717) is 19.0 Å². The van der Waals surface area contributed by atoms with E-state index >= 15 is 0 Å². The maximum Gasteiger partial charge on any atom is 0.123 e. The zero-order chi connectivity index (χ0) is 14.2. The van der Waals surface area contributed by atoms with Gasteiger partial charge in [0.05, 0.1) is 31.7 Å². The molecule has 112 valence electrons. The fourth-order valence-electron chi connectivity index (χ4n) is 2.25. The van der Waals surface area contributed by atoms with E-state index in [9.17, 15) is 0 Å². The summed E-state index contributed by atoms with van der Waals surface area (Å²) >= 11 is 0. The standard InChI is InChI=1S/C14H24N4O2/c1-19-10-11-20-9-8-17-4-6-18(7-5-17)13-2-3-14(15)16-12-13/h2-3,12H,4-11H2,1H3,(H2,15,16). The molecule has 0 atom stereocenters. The fourth-order valence-corrected chi connectivity index (χ4v) is 2.25. The number of aromatic nitrogens is 1. The molecule has 0 aromatic carbocycles. The van der Waals surface area contributed by atoms with E-state index < -0.39 is 0 Å². The number of rotatable bonds is 7. The molecule has 1 fully saturated rings. The van der Waals surface area contributed by atoms with Gasteiger partial charge in [0.15, 0.2) is 0 Å². The summed E-state index contributed by atoms with van der Waals surface area (Å²) in [5.74, 6) is 0.570. The first-order chi connectivity index (χ1) is 9.79. The molecule has 0 aliphatic carbocycles. The highest BCUT2D eigenvalue weighted by molar-refractivity contribution is 5.48. The second kappa shape index (κ2) is 8.04. The lowest BCUT2D eigenvalue weighted by Gasteiger charge is -2.35. The average molecular weight is 280 g/mol. The molecule has 1 aromatic heterocycles. The van der Waals surface area contributed by atoms with E-state index in [1.165, 1.54) is 0 Å². The van der Waals surface area contributed by atoms with Gasteiger partial charge in [-0.2, -0.15) is 0 Å². The summed E-state index contributed by atoms with van der Waals surface area (Å²) in [7, 11) is 1.69. The number of hydrogen-bond donors (Lipinski definition) is 1. The minimum Gasteiger partial charge on any atom is -0.384 e. The highest BCUT2D eigenvalue weighted by atomic mass is 16.5. The Morgan fingerprint density at radius 2 is 1.95 bits per heavy atom. The number of pyridine rings is 1. The van der Waals surface area contributed by atoms with Crippen LogP contribution < -0.4 is 10.6 Å². The van der Waals surface area contributed by atoms with E-state index in [1.54, 1.807) is 7.11 Å². The van der Waals surface area contributed by atoms with Crippen LogP contribution in [0.15, 0.2) is 18.3 Å². The summed E-state index contributed by atoms with van der Waals surface area (Å²) in [5.41, 5.74) is 6.76. The molecule has 1 aliphatic heterocycles. The van der Waals surface area contributed by atoms with Gasteiger partial charge in [-0.1, -0.05) is 0 Å². The lowest BCUT2D eigenvalue weighted by molar-refractivity contribution is 0.0563. The zero-order valence-corrected chi connectivity index (χ0v) is 12.1. The first kappa shape index (κ1) is 15.0. The van der Waals surface area contributed by atoms with Crippen LogP contribution in [0.1, 0.15) is 0 Å². The van der Waals surface area contributed by atoms with Crippen LogP contribution >= 0.6 is 0 Å². The second-order valence-electron chi connectivity index (χ2n) is 4.88. The molecule has 0 unspecified atom stereocenters. The highest BCUT2D eigenvalue weighted by Crippen LogP contribution is 2.15. The molecule has 0 bridgehead atoms. The fraction of sp³-hybridized carbons (Fsp3) is 0.643. The van der Waals surface area contributed by atoms with Gasteiger partial charge in [0.2, 0.25) is 0 Å². The van der Waals surface area contributed by atoms with Crippen molar-refractivity contribution in [2.24, 2.45) is 0 Å². The van der Waals surface area contributed by atoms with Crippen LogP contribution in [0.5, 0.6) is 0 Å². The molecule has 0 radical (unpaired) electrons. The van der Waals surface area contributed by atoms with Crippen molar-refractivity contribution in [3.63, 3.8) is 0 Å². The van der Waals surface area contributed by atoms with E-state index in [4.69, 9.17) is 15.2 Å². The molecule has 0 amide bonds. The minimum atomic E-state index is 0.570. The Kier molecular flexibility index (Phi) is 6.04. The van der Waals surface area contributed by atoms with Gasteiger partial charge in [-0.15, -0.1) is 0 Å². The zero-order valence-electron chi connectivity index (χ0n) is 12.1. The molecule has 6 heteroatoms. The van der Waals surface area contributed by atoms with Crippen molar-refractivity contribution in [3.8, 4) is 0 Å². The predicted octanol–water partition coefficient (Wildman–Crippen LogP) is 0.449. The number of nitrogen functional groups attached to an aromatic ring is 1. The number of anilines is 2. The van der Waals surface area contributed by atoms with E-state index in [2.05, 4.69) is 14.8 Å². The molecule has 2 N–H and O–H groups in total. The van der Waals surface area contributed by atoms with Gasteiger partial charge in [0, 0.05) is 39.8 Å². The first-order valence-corrected chi connectivity index (χ1v) is 7.05. The van der Waals surface area contributed by atoms with Crippen LogP contribution in [-0.4, -0.2) is 69.5 Å². The van der Waals surface area contributed by atoms with Gasteiger partial charge in [-0.3, -0.25) is 4.90 Å². The Morgan fingerprint density at radius 1 is 1.15 bits per heavy atom. The molecule has 2 rings (SSSR count). The van der Waals surface area contributed by atoms with E-state index in [0.717, 1.165) is 45.0 Å². The molecule has 2 heterocycles. The van der Waals surface area contributed by atoms with Gasteiger partial charge >= 0.3 is 0 Å². The van der Waals surface area contributed by atoms with Crippen molar-refractivity contribution in [3.05, 3.63) is 18.3 Å². The summed E-state index contributed by atoms with van der Waals surface area (Å²) in [6.45, 7) is 7.24. The number of nitrogens with zero attached hydrogens (tertiary/aromatic N) is 3. The van der Waals surface area contributed by atoms with Crippen molar-refractivity contribution >= 4 is 11.5 Å².